The molecule has 23 heavy (non-hydrogen) atoms. The summed E-state index contributed by atoms with van der Waals surface area (Å²) in [4.78, 5) is 0. The number of hydrogen-bond acceptors (Lipinski definition) is 4. The van der Waals surface area contributed by atoms with Gasteiger partial charge in [-0.3, -0.25) is 0 Å². The van der Waals surface area contributed by atoms with E-state index in [9.17, 15) is 17.0 Å². The van der Waals surface area contributed by atoms with Crippen LogP contribution in [0.1, 0.15) is 0 Å². The number of phenolic OH excluding ortho intramolecular Hbond substituents is 1. The fourth-order valence-corrected chi connectivity index (χ4v) is 3.71. The van der Waals surface area contributed by atoms with Crippen LogP contribution in [0.15, 0.2) is 70.9 Å². The van der Waals surface area contributed by atoms with Crippen LogP contribution < -0.4 is 4.35 Å². The van der Waals surface area contributed by atoms with Crippen molar-refractivity contribution in [1.82, 2.24) is 0 Å². The van der Waals surface area contributed by atoms with E-state index in [0.29, 0.717) is 5.39 Å². The predicted octanol–water partition coefficient (Wildman–Crippen LogP) is 2.52. The van der Waals surface area contributed by atoms with Gasteiger partial charge in [-0.1, -0.05) is 0 Å². The first-order valence-corrected chi connectivity index (χ1v) is 10.1. The van der Waals surface area contributed by atoms with Crippen LogP contribution in [0.25, 0.3) is 10.8 Å². The Hall–Kier alpha value is -2.40. The van der Waals surface area contributed by atoms with Gasteiger partial charge in [-0.2, -0.15) is 0 Å². The molecule has 116 valence electrons. The van der Waals surface area contributed by atoms with E-state index >= 15 is 0 Å². The van der Waals surface area contributed by atoms with Crippen molar-refractivity contribution in [3.63, 3.8) is 0 Å². The molecule has 6 nitrogen and oxygen atoms in total. The zero-order valence-electron chi connectivity index (χ0n) is 11.9. The standard InChI is InChI=1S/C16H13AsN2O4/c20-15-10-9-11-5-1-2-6-12(11)16(15)19-18-14-8-4-3-7-13(14)17(21,22)23/h1-10,20H,(H2,21,22,23). The number of fused-ring (bicyclic) bond motifs is 1. The average Bonchev–Trinajstić information content (AvgIpc) is 2.53. The number of rotatable bonds is 3. The normalized spacial score (nSPS) is 12.1. The molecule has 3 N–H and O–H groups in total. The number of aromatic hydroxyl groups is 1. The summed E-state index contributed by atoms with van der Waals surface area (Å²) in [6, 6.07) is 16.6. The third-order valence-corrected chi connectivity index (χ3v) is 5.44. The Morgan fingerprint density at radius 3 is 2.30 bits per heavy atom. The van der Waals surface area contributed by atoms with Gasteiger partial charge in [0.25, 0.3) is 0 Å². The molecule has 3 aromatic carbocycles. The number of hydrogen-bond donors (Lipinski definition) is 3. The zero-order valence-corrected chi connectivity index (χ0v) is 13.7. The van der Waals surface area contributed by atoms with Gasteiger partial charge in [0, 0.05) is 0 Å². The van der Waals surface area contributed by atoms with Crippen LogP contribution in [0.5, 0.6) is 5.75 Å². The monoisotopic (exact) mass is 372 g/mol. The van der Waals surface area contributed by atoms with Gasteiger partial charge in [0.2, 0.25) is 0 Å². The van der Waals surface area contributed by atoms with Crippen LogP contribution >= 0.6 is 0 Å². The Bertz CT molecular complexity index is 950. The van der Waals surface area contributed by atoms with Gasteiger partial charge in [0.15, 0.2) is 0 Å². The third kappa shape index (κ3) is 3.19. The second-order valence-corrected chi connectivity index (χ2v) is 8.18. The predicted molar refractivity (Wildman–Crippen MR) is 86.7 cm³/mol. The fraction of sp³-hybridized carbons (Fsp3) is 0. The molecule has 0 aromatic heterocycles. The molecule has 0 heterocycles. The maximum absolute atomic E-state index is 11.5. The number of benzene rings is 3. The van der Waals surface area contributed by atoms with E-state index in [1.807, 2.05) is 18.2 Å². The van der Waals surface area contributed by atoms with Crippen LogP contribution in [0.2, 0.25) is 0 Å². The van der Waals surface area contributed by atoms with Crippen LogP contribution in [0, 0.1) is 0 Å². The first-order chi connectivity index (χ1) is 11.0. The van der Waals surface area contributed by atoms with E-state index in [1.165, 1.54) is 24.3 Å². The summed E-state index contributed by atoms with van der Waals surface area (Å²) in [5.74, 6) is -0.0496. The van der Waals surface area contributed by atoms with Crippen molar-refractivity contribution < 1.29 is 17.0 Å². The Morgan fingerprint density at radius 2 is 1.52 bits per heavy atom. The zero-order chi connectivity index (χ0) is 16.4. The van der Waals surface area contributed by atoms with Gasteiger partial charge in [0.05, 0.1) is 0 Å². The van der Waals surface area contributed by atoms with Crippen molar-refractivity contribution in [2.45, 2.75) is 0 Å². The fourth-order valence-electron chi connectivity index (χ4n) is 2.25. The van der Waals surface area contributed by atoms with Crippen LogP contribution in [0.4, 0.5) is 11.4 Å². The molecule has 3 rings (SSSR count). The van der Waals surface area contributed by atoms with Crippen molar-refractivity contribution in [3.8, 4) is 5.75 Å². The summed E-state index contributed by atoms with van der Waals surface area (Å²) in [5.41, 5.74) is 0.350. The molecule has 0 atom stereocenters. The van der Waals surface area contributed by atoms with Crippen LogP contribution in [-0.2, 0) is 3.74 Å². The topological polar surface area (TPSA) is 102 Å². The van der Waals surface area contributed by atoms with Crippen LogP contribution in [-0.4, -0.2) is 27.5 Å². The van der Waals surface area contributed by atoms with Gasteiger partial charge in [-0.05, 0) is 0 Å². The average molecular weight is 372 g/mol. The second-order valence-electron chi connectivity index (χ2n) is 4.89. The summed E-state index contributed by atoms with van der Waals surface area (Å²) in [5, 5.41) is 19.6. The first-order valence-electron chi connectivity index (χ1n) is 6.74. The molecule has 0 bridgehead atoms. The van der Waals surface area contributed by atoms with E-state index in [-0.39, 0.29) is 21.5 Å². The van der Waals surface area contributed by atoms with E-state index in [4.69, 9.17) is 0 Å². The van der Waals surface area contributed by atoms with Crippen molar-refractivity contribution in [1.29, 1.82) is 0 Å². The molecule has 0 aliphatic carbocycles. The molecular weight excluding hydrogens is 359 g/mol. The Balaban J connectivity index is 2.12. The molecule has 0 aliphatic heterocycles. The summed E-state index contributed by atoms with van der Waals surface area (Å²) in [6.07, 6.45) is 0. The summed E-state index contributed by atoms with van der Waals surface area (Å²) in [6.45, 7) is 0. The van der Waals surface area contributed by atoms with Gasteiger partial charge in [-0.15, -0.1) is 0 Å². The Kier molecular flexibility index (Phi) is 4.05. The Labute approximate surface area is 134 Å². The number of nitrogens with zero attached hydrogens (tertiary/aromatic N) is 2. The minimum atomic E-state index is -5.10. The SMILES string of the molecule is O=[As](O)(O)c1ccccc1N=Nc1c(O)ccc2ccccc12. The molecule has 3 aromatic rings. The molecule has 0 aliphatic rings. The van der Waals surface area contributed by atoms with Gasteiger partial charge in [-0.25, -0.2) is 0 Å². The first kappa shape index (κ1) is 15.5. The number of phenols is 1. The summed E-state index contributed by atoms with van der Waals surface area (Å²) >= 11 is -5.10. The molecule has 0 spiro atoms. The number of azo groups is 1. The van der Waals surface area contributed by atoms with Gasteiger partial charge in [0.1, 0.15) is 0 Å². The molecular formula is C16H13AsN2O4. The van der Waals surface area contributed by atoms with Gasteiger partial charge < -0.3 is 0 Å². The summed E-state index contributed by atoms with van der Waals surface area (Å²) < 4.78 is 30.2. The minimum absolute atomic E-state index is 0.0496. The molecule has 0 saturated carbocycles. The van der Waals surface area contributed by atoms with E-state index in [1.54, 1.807) is 18.2 Å². The van der Waals surface area contributed by atoms with E-state index < -0.39 is 14.2 Å². The van der Waals surface area contributed by atoms with Crippen LogP contribution in [0.3, 0.4) is 0 Å². The van der Waals surface area contributed by atoms with Crippen molar-refractivity contribution in [2.24, 2.45) is 10.2 Å². The Morgan fingerprint density at radius 1 is 0.826 bits per heavy atom. The molecule has 0 amide bonds. The van der Waals surface area contributed by atoms with Crippen molar-refractivity contribution in [3.05, 3.63) is 60.7 Å². The van der Waals surface area contributed by atoms with E-state index in [2.05, 4.69) is 10.2 Å². The second kappa shape index (κ2) is 6.01. The van der Waals surface area contributed by atoms with Crippen molar-refractivity contribution >= 4 is 40.7 Å². The molecule has 0 saturated heterocycles. The summed E-state index contributed by atoms with van der Waals surface area (Å²) in [7, 11) is 0. The molecule has 7 heteroatoms. The molecule has 0 fully saturated rings. The molecule has 0 radical (unpaired) electrons. The van der Waals surface area contributed by atoms with E-state index in [0.717, 1.165) is 5.39 Å². The molecule has 0 unspecified atom stereocenters. The maximum atomic E-state index is 11.5. The third-order valence-electron chi connectivity index (χ3n) is 3.33. The quantitative estimate of drug-likeness (QED) is 0.486. The van der Waals surface area contributed by atoms with Gasteiger partial charge >= 0.3 is 134 Å². The van der Waals surface area contributed by atoms with Crippen molar-refractivity contribution in [2.75, 3.05) is 0 Å².